The van der Waals surface area contributed by atoms with Gasteiger partial charge in [-0.1, -0.05) is 24.3 Å². The van der Waals surface area contributed by atoms with Crippen molar-refractivity contribution >= 4 is 45.0 Å². The first-order valence-electron chi connectivity index (χ1n) is 10.5. The average Bonchev–Trinajstić information content (AvgIpc) is 3.49. The molecule has 33 heavy (non-hydrogen) atoms. The van der Waals surface area contributed by atoms with Gasteiger partial charge >= 0.3 is 0 Å². The molecule has 5 rings (SSSR count). The molecule has 2 heterocycles. The second-order valence-electron chi connectivity index (χ2n) is 7.83. The predicted molar refractivity (Wildman–Crippen MR) is 132 cm³/mol. The van der Waals surface area contributed by atoms with E-state index in [2.05, 4.69) is 27.4 Å². The van der Waals surface area contributed by atoms with Crippen LogP contribution in [-0.4, -0.2) is 25.9 Å². The molecule has 0 spiro atoms. The summed E-state index contributed by atoms with van der Waals surface area (Å²) >= 11 is 5.68. The maximum absolute atomic E-state index is 13.3. The highest BCUT2D eigenvalue weighted by molar-refractivity contribution is 7.80. The Hall–Kier alpha value is -3.97. The lowest BCUT2D eigenvalue weighted by molar-refractivity contribution is 0.0972. The van der Waals surface area contributed by atoms with Crippen LogP contribution in [0.15, 0.2) is 85.2 Å². The Labute approximate surface area is 195 Å². The largest absolute Gasteiger partial charge is 0.361 e. The molecule has 0 atom stereocenters. The molecule has 3 N–H and O–H groups in total. The third kappa shape index (κ3) is 4.36. The van der Waals surface area contributed by atoms with Gasteiger partial charge in [0.05, 0.1) is 0 Å². The zero-order valence-electron chi connectivity index (χ0n) is 17.6. The van der Waals surface area contributed by atoms with Crippen LogP contribution in [0, 0.1) is 5.82 Å². The Balaban J connectivity index is 1.45. The number of aromatic amines is 2. The zero-order valence-corrected chi connectivity index (χ0v) is 18.5. The number of hydrogen-bond donors (Lipinski definition) is 3. The minimum atomic E-state index is -0.394. The number of amides is 1. The van der Waals surface area contributed by atoms with E-state index in [9.17, 15) is 9.18 Å². The number of hydrogen-bond acceptors (Lipinski definition) is 2. The van der Waals surface area contributed by atoms with E-state index in [0.29, 0.717) is 23.8 Å². The third-order valence-corrected chi connectivity index (χ3v) is 6.07. The van der Waals surface area contributed by atoms with E-state index in [4.69, 9.17) is 12.2 Å². The number of carbonyl (C=O) groups excluding carboxylic acids is 1. The number of halogens is 1. The van der Waals surface area contributed by atoms with Gasteiger partial charge in [0, 0.05) is 52.9 Å². The van der Waals surface area contributed by atoms with Gasteiger partial charge < -0.3 is 14.9 Å². The highest BCUT2D eigenvalue weighted by atomic mass is 32.1. The Bertz CT molecular complexity index is 1380. The molecule has 2 aromatic heterocycles. The minimum Gasteiger partial charge on any atom is -0.361 e. The molecule has 0 bridgehead atoms. The van der Waals surface area contributed by atoms with Crippen molar-refractivity contribution in [1.82, 2.24) is 20.2 Å². The molecule has 0 radical (unpaired) electrons. The number of benzene rings is 3. The van der Waals surface area contributed by atoms with Crippen LogP contribution in [0.4, 0.5) is 4.39 Å². The van der Waals surface area contributed by atoms with Crippen molar-refractivity contribution in [2.75, 3.05) is 0 Å². The molecule has 5 nitrogen and oxygen atoms in total. The van der Waals surface area contributed by atoms with Crippen LogP contribution in [0.1, 0.15) is 21.5 Å². The molecule has 0 fully saturated rings. The molecule has 164 valence electrons. The van der Waals surface area contributed by atoms with Gasteiger partial charge in [-0.3, -0.25) is 10.1 Å². The average molecular weight is 457 g/mol. The number of fused-ring (bicyclic) bond motifs is 2. The summed E-state index contributed by atoms with van der Waals surface area (Å²) in [6.07, 6.45) is 3.82. The number of thiocarbonyl (C=S) groups is 1. The maximum Gasteiger partial charge on any atom is 0.257 e. The van der Waals surface area contributed by atoms with Crippen molar-refractivity contribution in [3.8, 4) is 0 Å². The molecule has 0 aliphatic carbocycles. The van der Waals surface area contributed by atoms with Crippen LogP contribution in [0.25, 0.3) is 21.8 Å². The van der Waals surface area contributed by atoms with Gasteiger partial charge in [-0.2, -0.15) is 0 Å². The van der Waals surface area contributed by atoms with E-state index in [-0.39, 0.29) is 5.91 Å². The summed E-state index contributed by atoms with van der Waals surface area (Å²) in [5.41, 5.74) is 4.61. The first-order chi connectivity index (χ1) is 16.1. The summed E-state index contributed by atoms with van der Waals surface area (Å²) < 4.78 is 13.3. The first kappa shape index (κ1) is 20.9. The zero-order chi connectivity index (χ0) is 22.8. The van der Waals surface area contributed by atoms with Crippen molar-refractivity contribution in [3.63, 3.8) is 0 Å². The van der Waals surface area contributed by atoms with Crippen LogP contribution in [0.5, 0.6) is 0 Å². The Morgan fingerprint density at radius 3 is 1.91 bits per heavy atom. The van der Waals surface area contributed by atoms with Crippen LogP contribution in [0.2, 0.25) is 0 Å². The number of carbonyl (C=O) groups is 1. The fraction of sp³-hybridized carbons (Fsp3) is 0.0769. The minimum absolute atomic E-state index is 0.310. The van der Waals surface area contributed by atoms with Gasteiger partial charge in [-0.05, 0) is 71.9 Å². The smallest absolute Gasteiger partial charge is 0.257 e. The standard InChI is InChI=1S/C26H21FN4OS/c27-20-9-7-17(8-10-20)25(32)30-26(33)31(15-18-3-1-5-23-21(18)11-13-28-23)16-19-4-2-6-24-22(19)12-14-29-24/h1-14,28-29H,15-16H2,(H,30,32,33). The molecule has 0 saturated heterocycles. The summed E-state index contributed by atoms with van der Waals surface area (Å²) in [4.78, 5) is 21.2. The highest BCUT2D eigenvalue weighted by Crippen LogP contribution is 2.23. The number of nitrogens with zero attached hydrogens (tertiary/aromatic N) is 1. The van der Waals surface area contributed by atoms with Crippen molar-refractivity contribution in [1.29, 1.82) is 0 Å². The molecule has 0 unspecified atom stereocenters. The van der Waals surface area contributed by atoms with E-state index in [1.54, 1.807) is 0 Å². The molecule has 7 heteroatoms. The second-order valence-corrected chi connectivity index (χ2v) is 8.22. The highest BCUT2D eigenvalue weighted by Gasteiger charge is 2.17. The van der Waals surface area contributed by atoms with E-state index in [1.807, 2.05) is 53.7 Å². The molecular weight excluding hydrogens is 435 g/mol. The van der Waals surface area contributed by atoms with Crippen LogP contribution >= 0.6 is 12.2 Å². The van der Waals surface area contributed by atoms with Crippen molar-refractivity contribution in [2.45, 2.75) is 13.1 Å². The van der Waals surface area contributed by atoms with Crippen molar-refractivity contribution in [2.24, 2.45) is 0 Å². The van der Waals surface area contributed by atoms with Crippen LogP contribution in [0.3, 0.4) is 0 Å². The summed E-state index contributed by atoms with van der Waals surface area (Å²) in [6, 6.07) is 21.7. The lowest BCUT2D eigenvalue weighted by Gasteiger charge is -2.26. The number of nitrogens with one attached hydrogen (secondary N) is 3. The molecule has 5 aromatic rings. The summed E-state index contributed by atoms with van der Waals surface area (Å²) in [6.45, 7) is 1.02. The van der Waals surface area contributed by atoms with Gasteiger partial charge in [-0.15, -0.1) is 0 Å². The molecule has 0 aliphatic rings. The van der Waals surface area contributed by atoms with E-state index in [0.717, 1.165) is 32.9 Å². The predicted octanol–water partition coefficient (Wildman–Crippen LogP) is 5.51. The topological polar surface area (TPSA) is 63.9 Å². The van der Waals surface area contributed by atoms with Gasteiger partial charge in [0.15, 0.2) is 5.11 Å². The lowest BCUT2D eigenvalue weighted by Crippen LogP contribution is -2.42. The lowest BCUT2D eigenvalue weighted by atomic mass is 10.1. The summed E-state index contributed by atoms with van der Waals surface area (Å²) in [7, 11) is 0. The van der Waals surface area contributed by atoms with Gasteiger partial charge in [0.1, 0.15) is 5.82 Å². The van der Waals surface area contributed by atoms with E-state index in [1.165, 1.54) is 24.3 Å². The normalized spacial score (nSPS) is 11.1. The molecule has 0 aliphatic heterocycles. The van der Waals surface area contributed by atoms with E-state index >= 15 is 0 Å². The van der Waals surface area contributed by atoms with Gasteiger partial charge in [-0.25, -0.2) is 4.39 Å². The van der Waals surface area contributed by atoms with Crippen molar-refractivity contribution < 1.29 is 9.18 Å². The number of rotatable bonds is 5. The quantitative estimate of drug-likeness (QED) is 0.306. The fourth-order valence-corrected chi connectivity index (χ4v) is 4.26. The van der Waals surface area contributed by atoms with Gasteiger partial charge in [0.25, 0.3) is 5.91 Å². The molecule has 0 saturated carbocycles. The Morgan fingerprint density at radius 2 is 1.36 bits per heavy atom. The van der Waals surface area contributed by atoms with Gasteiger partial charge in [0.2, 0.25) is 0 Å². The first-order valence-corrected chi connectivity index (χ1v) is 10.9. The van der Waals surface area contributed by atoms with Crippen LogP contribution in [-0.2, 0) is 13.1 Å². The van der Waals surface area contributed by atoms with Crippen molar-refractivity contribution in [3.05, 3.63) is 108 Å². The number of H-pyrrole nitrogens is 2. The summed E-state index contributed by atoms with van der Waals surface area (Å²) in [5, 5.41) is 5.34. The summed E-state index contributed by atoms with van der Waals surface area (Å²) in [5.74, 6) is -0.764. The number of aromatic nitrogens is 2. The second kappa shape index (κ2) is 8.88. The fourth-order valence-electron chi connectivity index (χ4n) is 4.04. The third-order valence-electron chi connectivity index (χ3n) is 5.71. The molecular formula is C26H21FN4OS. The van der Waals surface area contributed by atoms with E-state index < -0.39 is 5.82 Å². The molecule has 1 amide bonds. The molecule has 3 aromatic carbocycles. The maximum atomic E-state index is 13.3. The SMILES string of the molecule is O=C(NC(=S)N(Cc1cccc2[nH]ccc12)Cc1cccc2[nH]ccc12)c1ccc(F)cc1. The Morgan fingerprint density at radius 1 is 0.818 bits per heavy atom. The Kier molecular flexibility index (Phi) is 5.62. The monoisotopic (exact) mass is 456 g/mol. The van der Waals surface area contributed by atoms with Crippen LogP contribution < -0.4 is 5.32 Å².